The van der Waals surface area contributed by atoms with Crippen LogP contribution < -0.4 is 10.6 Å². The van der Waals surface area contributed by atoms with Crippen molar-refractivity contribution >= 4 is 11.6 Å². The van der Waals surface area contributed by atoms with E-state index >= 15 is 0 Å². The number of amides is 1. The highest BCUT2D eigenvalue weighted by atomic mass is 16.5. The van der Waals surface area contributed by atoms with E-state index in [1.165, 1.54) is 24.1 Å². The van der Waals surface area contributed by atoms with Crippen LogP contribution in [-0.4, -0.2) is 35.9 Å². The Labute approximate surface area is 153 Å². The normalized spacial score (nSPS) is 20.8. The molecule has 6 nitrogen and oxygen atoms in total. The number of ether oxygens (including phenoxy) is 1. The van der Waals surface area contributed by atoms with Crippen LogP contribution in [0.1, 0.15) is 54.1 Å². The van der Waals surface area contributed by atoms with Crippen LogP contribution in [0, 0.1) is 0 Å². The van der Waals surface area contributed by atoms with Crippen molar-refractivity contribution < 1.29 is 9.53 Å². The molecule has 1 aromatic carbocycles. The van der Waals surface area contributed by atoms with Gasteiger partial charge in [0.2, 0.25) is 5.91 Å². The maximum Gasteiger partial charge on any atom is 0.248 e. The third kappa shape index (κ3) is 3.46. The minimum Gasteiger partial charge on any atom is -0.381 e. The second-order valence-corrected chi connectivity index (χ2v) is 7.27. The Morgan fingerprint density at radius 1 is 1.27 bits per heavy atom. The van der Waals surface area contributed by atoms with E-state index in [-0.39, 0.29) is 5.91 Å². The SMILES string of the molecule is CNC(=O)[C@H](Nc1cccc([C@H]2CCOC2)c1)c1cc(C2CC2)n(C)n1. The molecule has 1 saturated heterocycles. The smallest absolute Gasteiger partial charge is 0.248 e. The molecule has 2 heterocycles. The molecule has 0 unspecified atom stereocenters. The third-order valence-electron chi connectivity index (χ3n) is 5.33. The molecular weight excluding hydrogens is 328 g/mol. The summed E-state index contributed by atoms with van der Waals surface area (Å²) < 4.78 is 7.42. The Bertz CT molecular complexity index is 791. The number of nitrogens with one attached hydrogen (secondary N) is 2. The van der Waals surface area contributed by atoms with Crippen molar-refractivity contribution in [2.24, 2.45) is 7.05 Å². The van der Waals surface area contributed by atoms with Crippen LogP contribution in [0.2, 0.25) is 0 Å². The van der Waals surface area contributed by atoms with Gasteiger partial charge in [-0.15, -0.1) is 0 Å². The van der Waals surface area contributed by atoms with Gasteiger partial charge in [0.15, 0.2) is 6.04 Å². The van der Waals surface area contributed by atoms with Crippen LogP contribution >= 0.6 is 0 Å². The summed E-state index contributed by atoms with van der Waals surface area (Å²) >= 11 is 0. The van der Waals surface area contributed by atoms with Crippen molar-refractivity contribution in [1.29, 1.82) is 0 Å². The van der Waals surface area contributed by atoms with E-state index in [2.05, 4.69) is 33.9 Å². The molecular formula is C20H26N4O2. The van der Waals surface area contributed by atoms with Crippen molar-refractivity contribution in [1.82, 2.24) is 15.1 Å². The van der Waals surface area contributed by atoms with E-state index in [1.807, 2.05) is 23.9 Å². The predicted molar refractivity (Wildman–Crippen MR) is 100 cm³/mol. The first-order valence-corrected chi connectivity index (χ1v) is 9.35. The summed E-state index contributed by atoms with van der Waals surface area (Å²) in [6.07, 6.45) is 3.47. The molecule has 1 aromatic heterocycles. The molecule has 1 amide bonds. The molecule has 1 saturated carbocycles. The van der Waals surface area contributed by atoms with E-state index in [4.69, 9.17) is 4.74 Å². The van der Waals surface area contributed by atoms with Crippen molar-refractivity contribution in [3.05, 3.63) is 47.3 Å². The van der Waals surface area contributed by atoms with Gasteiger partial charge in [0.1, 0.15) is 0 Å². The van der Waals surface area contributed by atoms with Crippen LogP contribution in [0.25, 0.3) is 0 Å². The van der Waals surface area contributed by atoms with Gasteiger partial charge in [0, 0.05) is 43.9 Å². The Kier molecular flexibility index (Phi) is 4.68. The van der Waals surface area contributed by atoms with Crippen molar-refractivity contribution in [3.8, 4) is 0 Å². The fourth-order valence-corrected chi connectivity index (χ4v) is 3.67. The predicted octanol–water partition coefficient (Wildman–Crippen LogP) is 2.70. The molecule has 4 rings (SSSR count). The molecule has 2 fully saturated rings. The van der Waals surface area contributed by atoms with E-state index in [0.29, 0.717) is 11.8 Å². The molecule has 6 heteroatoms. The summed E-state index contributed by atoms with van der Waals surface area (Å²) in [5.41, 5.74) is 4.17. The number of benzene rings is 1. The highest BCUT2D eigenvalue weighted by Gasteiger charge is 2.30. The highest BCUT2D eigenvalue weighted by Crippen LogP contribution is 2.40. The molecule has 1 aliphatic heterocycles. The maximum atomic E-state index is 12.5. The van der Waals surface area contributed by atoms with Crippen molar-refractivity contribution in [3.63, 3.8) is 0 Å². The zero-order valence-corrected chi connectivity index (χ0v) is 15.4. The van der Waals surface area contributed by atoms with Gasteiger partial charge < -0.3 is 15.4 Å². The summed E-state index contributed by atoms with van der Waals surface area (Å²) in [5.74, 6) is 0.948. The first-order valence-electron chi connectivity index (χ1n) is 9.35. The van der Waals surface area contributed by atoms with Crippen LogP contribution in [-0.2, 0) is 16.6 Å². The fourth-order valence-electron chi connectivity index (χ4n) is 3.67. The largest absolute Gasteiger partial charge is 0.381 e. The number of carbonyl (C=O) groups is 1. The fraction of sp³-hybridized carbons (Fsp3) is 0.500. The first-order chi connectivity index (χ1) is 12.7. The van der Waals surface area contributed by atoms with Gasteiger partial charge in [-0.05, 0) is 43.0 Å². The monoisotopic (exact) mass is 354 g/mol. The number of carbonyl (C=O) groups excluding carboxylic acids is 1. The first kappa shape index (κ1) is 17.1. The molecule has 138 valence electrons. The van der Waals surface area contributed by atoms with E-state index < -0.39 is 6.04 Å². The lowest BCUT2D eigenvalue weighted by atomic mass is 9.98. The molecule has 2 N–H and O–H groups in total. The second-order valence-electron chi connectivity index (χ2n) is 7.27. The van der Waals surface area contributed by atoms with Crippen LogP contribution in [0.4, 0.5) is 5.69 Å². The van der Waals surface area contributed by atoms with Gasteiger partial charge >= 0.3 is 0 Å². The Morgan fingerprint density at radius 2 is 2.12 bits per heavy atom. The molecule has 2 atom stereocenters. The summed E-state index contributed by atoms with van der Waals surface area (Å²) in [4.78, 5) is 12.5. The minimum absolute atomic E-state index is 0.0833. The van der Waals surface area contributed by atoms with Crippen LogP contribution in [0.15, 0.2) is 30.3 Å². The van der Waals surface area contributed by atoms with Crippen LogP contribution in [0.3, 0.4) is 0 Å². The number of hydrogen-bond acceptors (Lipinski definition) is 4. The average Bonchev–Trinajstić information content (AvgIpc) is 3.19. The lowest BCUT2D eigenvalue weighted by Gasteiger charge is -2.18. The Balaban J connectivity index is 1.58. The number of likely N-dealkylation sites (N-methyl/N-ethyl adjacent to an activating group) is 1. The lowest BCUT2D eigenvalue weighted by Crippen LogP contribution is -2.31. The third-order valence-corrected chi connectivity index (χ3v) is 5.33. The second kappa shape index (κ2) is 7.11. The van der Waals surface area contributed by atoms with E-state index in [9.17, 15) is 4.79 Å². The maximum absolute atomic E-state index is 12.5. The number of aryl methyl sites for hydroxylation is 1. The number of anilines is 1. The van der Waals surface area contributed by atoms with Gasteiger partial charge in [0.25, 0.3) is 0 Å². The molecule has 26 heavy (non-hydrogen) atoms. The number of aromatic nitrogens is 2. The lowest BCUT2D eigenvalue weighted by molar-refractivity contribution is -0.121. The Hall–Kier alpha value is -2.34. The molecule has 1 aliphatic carbocycles. The number of rotatable bonds is 6. The topological polar surface area (TPSA) is 68.2 Å². The average molecular weight is 354 g/mol. The van der Waals surface area contributed by atoms with Gasteiger partial charge in [-0.3, -0.25) is 9.48 Å². The van der Waals surface area contributed by atoms with Gasteiger partial charge in [-0.2, -0.15) is 5.10 Å². The minimum atomic E-state index is -0.506. The zero-order chi connectivity index (χ0) is 18.1. The van der Waals surface area contributed by atoms with Gasteiger partial charge in [0.05, 0.1) is 12.3 Å². The van der Waals surface area contributed by atoms with Crippen molar-refractivity contribution in [2.45, 2.75) is 37.1 Å². The number of nitrogens with zero attached hydrogens (tertiary/aromatic N) is 2. The zero-order valence-electron chi connectivity index (χ0n) is 15.4. The summed E-state index contributed by atoms with van der Waals surface area (Å²) in [5, 5.41) is 10.7. The van der Waals surface area contributed by atoms with E-state index in [0.717, 1.165) is 31.0 Å². The molecule has 0 radical (unpaired) electrons. The van der Waals surface area contributed by atoms with Crippen LogP contribution in [0.5, 0.6) is 0 Å². The summed E-state index contributed by atoms with van der Waals surface area (Å²) in [6, 6.07) is 9.85. The molecule has 0 spiro atoms. The molecule has 0 bridgehead atoms. The van der Waals surface area contributed by atoms with Gasteiger partial charge in [-0.1, -0.05) is 12.1 Å². The van der Waals surface area contributed by atoms with Gasteiger partial charge in [-0.25, -0.2) is 0 Å². The highest BCUT2D eigenvalue weighted by molar-refractivity contribution is 5.85. The number of hydrogen-bond donors (Lipinski definition) is 2. The van der Waals surface area contributed by atoms with Crippen molar-refractivity contribution in [2.75, 3.05) is 25.6 Å². The summed E-state index contributed by atoms with van der Waals surface area (Å²) in [7, 11) is 3.62. The standard InChI is InChI=1S/C20H26N4O2/c1-21-20(25)19(17-11-18(13-6-7-13)24(2)23-17)22-16-5-3-4-14(10-16)15-8-9-26-12-15/h3-5,10-11,13,15,19,22H,6-9,12H2,1-2H3,(H,21,25)/t15-,19+/m0/s1. The Morgan fingerprint density at radius 3 is 2.81 bits per heavy atom. The molecule has 2 aliphatic rings. The summed E-state index contributed by atoms with van der Waals surface area (Å²) in [6.45, 7) is 1.59. The quantitative estimate of drug-likeness (QED) is 0.837. The molecule has 2 aromatic rings. The van der Waals surface area contributed by atoms with E-state index in [1.54, 1.807) is 7.05 Å².